The molecule has 0 radical (unpaired) electrons. The van der Waals surface area contributed by atoms with Crippen molar-refractivity contribution in [2.75, 3.05) is 0 Å². The molecule has 1 fully saturated rings. The van der Waals surface area contributed by atoms with Crippen molar-refractivity contribution < 1.29 is 4.79 Å². The zero-order chi connectivity index (χ0) is 20.9. The maximum absolute atomic E-state index is 13.7. The van der Waals surface area contributed by atoms with Gasteiger partial charge in [-0.05, 0) is 49.9 Å². The summed E-state index contributed by atoms with van der Waals surface area (Å²) in [5, 5.41) is 5.94. The normalized spacial score (nSPS) is 20.0. The van der Waals surface area contributed by atoms with Crippen LogP contribution >= 0.6 is 0 Å². The highest BCUT2D eigenvalue weighted by Gasteiger charge is 2.43. The Morgan fingerprint density at radius 3 is 2.77 bits per heavy atom. The Labute approximate surface area is 181 Å². The predicted molar refractivity (Wildman–Crippen MR) is 121 cm³/mol. The Balaban J connectivity index is 1.42. The molecular weight excluding hydrogens is 384 g/mol. The van der Waals surface area contributed by atoms with Crippen LogP contribution in [-0.4, -0.2) is 31.6 Å². The van der Waals surface area contributed by atoms with Crippen LogP contribution in [0.5, 0.6) is 0 Å². The van der Waals surface area contributed by atoms with E-state index in [4.69, 9.17) is 5.10 Å². The Bertz CT molecular complexity index is 1290. The number of hydrogen-bond donors (Lipinski definition) is 0. The molecule has 2 bridgehead atoms. The van der Waals surface area contributed by atoms with Gasteiger partial charge in [0.2, 0.25) is 0 Å². The van der Waals surface area contributed by atoms with E-state index in [9.17, 15) is 4.79 Å². The number of benzene rings is 2. The summed E-state index contributed by atoms with van der Waals surface area (Å²) in [6.45, 7) is 0. The van der Waals surface area contributed by atoms with Crippen LogP contribution in [0.15, 0.2) is 66.9 Å². The van der Waals surface area contributed by atoms with E-state index >= 15 is 0 Å². The molecule has 0 unspecified atom stereocenters. The second-order valence-corrected chi connectivity index (χ2v) is 8.63. The fourth-order valence-corrected chi connectivity index (χ4v) is 5.46. The topological polar surface area (TPSA) is 51.0 Å². The number of carbonyl (C=O) groups excluding carboxylic acids is 1. The summed E-state index contributed by atoms with van der Waals surface area (Å²) in [5.41, 5.74) is 6.43. The largest absolute Gasteiger partial charge is 0.327 e. The first-order valence-electron chi connectivity index (χ1n) is 11.0. The highest BCUT2D eigenvalue weighted by atomic mass is 16.2. The van der Waals surface area contributed by atoms with Crippen molar-refractivity contribution in [3.63, 3.8) is 0 Å². The Morgan fingerprint density at radius 1 is 1.03 bits per heavy atom. The van der Waals surface area contributed by atoms with Gasteiger partial charge in [0.15, 0.2) is 0 Å². The predicted octanol–water partition coefficient (Wildman–Crippen LogP) is 4.93. The first-order valence-corrected chi connectivity index (χ1v) is 11.0. The van der Waals surface area contributed by atoms with Crippen molar-refractivity contribution >= 4 is 16.8 Å². The standard InChI is InChI=1S/C26H24N4O/c1-29-25(17-7-3-2-4-8-17)21-16-20-10-5-11-23(24(21)28-29)30(20)26(31)19-12-13-22-18(15-19)9-6-14-27-22/h2-4,6-9,12-15,20,23H,5,10-11,16H2,1H3/t20-,23+/m1/s1. The number of nitrogens with zero attached hydrogens (tertiary/aromatic N) is 4. The van der Waals surface area contributed by atoms with Crippen LogP contribution in [0.25, 0.3) is 22.2 Å². The van der Waals surface area contributed by atoms with E-state index in [0.717, 1.165) is 47.8 Å². The number of rotatable bonds is 2. The molecule has 154 valence electrons. The van der Waals surface area contributed by atoms with Crippen LogP contribution in [0.3, 0.4) is 0 Å². The molecule has 6 rings (SSSR count). The molecular formula is C26H24N4O. The van der Waals surface area contributed by atoms with Gasteiger partial charge in [0.25, 0.3) is 5.91 Å². The number of pyridine rings is 1. The maximum Gasteiger partial charge on any atom is 0.254 e. The third-order valence-corrected chi connectivity index (χ3v) is 6.81. The average molecular weight is 409 g/mol. The quantitative estimate of drug-likeness (QED) is 0.473. The Kier molecular flexibility index (Phi) is 4.16. The van der Waals surface area contributed by atoms with Crippen LogP contribution in [0, 0.1) is 0 Å². The molecule has 4 aromatic rings. The van der Waals surface area contributed by atoms with E-state index in [1.54, 1.807) is 6.20 Å². The molecule has 2 atom stereocenters. The lowest BCUT2D eigenvalue weighted by Crippen LogP contribution is -2.49. The summed E-state index contributed by atoms with van der Waals surface area (Å²) >= 11 is 0. The maximum atomic E-state index is 13.7. The lowest BCUT2D eigenvalue weighted by atomic mass is 9.81. The minimum absolute atomic E-state index is 0.0447. The third kappa shape index (κ3) is 2.87. The number of amides is 1. The van der Waals surface area contributed by atoms with Gasteiger partial charge in [-0.2, -0.15) is 5.10 Å². The Morgan fingerprint density at radius 2 is 1.90 bits per heavy atom. The molecule has 2 aromatic heterocycles. The van der Waals surface area contributed by atoms with E-state index in [0.29, 0.717) is 0 Å². The van der Waals surface area contributed by atoms with Crippen molar-refractivity contribution in [3.05, 3.63) is 83.7 Å². The zero-order valence-electron chi connectivity index (χ0n) is 17.5. The summed E-state index contributed by atoms with van der Waals surface area (Å²) in [6, 6.07) is 20.5. The van der Waals surface area contributed by atoms with Crippen molar-refractivity contribution in [3.8, 4) is 11.3 Å². The van der Waals surface area contributed by atoms with Gasteiger partial charge in [-0.15, -0.1) is 0 Å². The summed E-state index contributed by atoms with van der Waals surface area (Å²) in [5.74, 6) is 0.109. The van der Waals surface area contributed by atoms with E-state index in [1.165, 1.54) is 16.8 Å². The van der Waals surface area contributed by atoms with Crippen LogP contribution < -0.4 is 0 Å². The SMILES string of the molecule is Cn1nc2c(c1-c1ccccc1)C[C@H]1CCC[C@@H]2N1C(=O)c1ccc2ncccc2c1. The van der Waals surface area contributed by atoms with Crippen LogP contribution in [0.2, 0.25) is 0 Å². The summed E-state index contributed by atoms with van der Waals surface area (Å²) in [6.07, 6.45) is 5.80. The van der Waals surface area contributed by atoms with Gasteiger partial charge in [-0.25, -0.2) is 0 Å². The fourth-order valence-electron chi connectivity index (χ4n) is 5.46. The minimum Gasteiger partial charge on any atom is -0.327 e. The molecule has 0 N–H and O–H groups in total. The van der Waals surface area contributed by atoms with E-state index in [-0.39, 0.29) is 18.0 Å². The van der Waals surface area contributed by atoms with Gasteiger partial charge in [0.1, 0.15) is 0 Å². The van der Waals surface area contributed by atoms with Crippen LogP contribution in [0.4, 0.5) is 0 Å². The molecule has 4 heterocycles. The van der Waals surface area contributed by atoms with Gasteiger partial charge >= 0.3 is 0 Å². The summed E-state index contributed by atoms with van der Waals surface area (Å²) in [4.78, 5) is 20.2. The minimum atomic E-state index is 0.0447. The Hall–Kier alpha value is -3.47. The molecule has 0 aliphatic carbocycles. The first kappa shape index (κ1) is 18.3. The molecule has 5 heteroatoms. The second-order valence-electron chi connectivity index (χ2n) is 8.63. The molecule has 2 aliphatic rings. The fraction of sp³-hybridized carbons (Fsp3) is 0.269. The number of hydrogen-bond acceptors (Lipinski definition) is 3. The van der Waals surface area contributed by atoms with Gasteiger partial charge in [0.05, 0.1) is 22.9 Å². The zero-order valence-corrected chi connectivity index (χ0v) is 17.5. The molecule has 1 amide bonds. The number of carbonyl (C=O) groups is 1. The van der Waals surface area contributed by atoms with E-state index in [1.807, 2.05) is 48.1 Å². The van der Waals surface area contributed by atoms with Crippen molar-refractivity contribution in [1.29, 1.82) is 0 Å². The number of piperidine rings is 1. The van der Waals surface area contributed by atoms with Gasteiger partial charge in [-0.1, -0.05) is 36.4 Å². The van der Waals surface area contributed by atoms with E-state index < -0.39 is 0 Å². The molecule has 5 nitrogen and oxygen atoms in total. The number of aromatic nitrogens is 3. The number of aryl methyl sites for hydroxylation is 1. The molecule has 31 heavy (non-hydrogen) atoms. The van der Waals surface area contributed by atoms with Crippen molar-refractivity contribution in [2.24, 2.45) is 7.05 Å². The van der Waals surface area contributed by atoms with Crippen molar-refractivity contribution in [2.45, 2.75) is 37.8 Å². The van der Waals surface area contributed by atoms with Gasteiger partial charge in [-0.3, -0.25) is 14.5 Å². The lowest BCUT2D eigenvalue weighted by Gasteiger charge is -2.45. The third-order valence-electron chi connectivity index (χ3n) is 6.81. The molecule has 0 spiro atoms. The average Bonchev–Trinajstić information content (AvgIpc) is 3.14. The van der Waals surface area contributed by atoms with Gasteiger partial charge in [0, 0.05) is 41.4 Å². The highest BCUT2D eigenvalue weighted by Crippen LogP contribution is 2.45. The summed E-state index contributed by atoms with van der Waals surface area (Å²) in [7, 11) is 2.02. The van der Waals surface area contributed by atoms with Gasteiger partial charge < -0.3 is 4.90 Å². The van der Waals surface area contributed by atoms with Crippen molar-refractivity contribution in [1.82, 2.24) is 19.7 Å². The molecule has 2 aromatic carbocycles. The second kappa shape index (κ2) is 7.05. The van der Waals surface area contributed by atoms with Crippen LogP contribution in [-0.2, 0) is 13.5 Å². The first-order chi connectivity index (χ1) is 15.2. The molecule has 0 saturated carbocycles. The molecule has 2 aliphatic heterocycles. The molecule has 1 saturated heterocycles. The number of fused-ring (bicyclic) bond motifs is 5. The monoisotopic (exact) mass is 408 g/mol. The highest BCUT2D eigenvalue weighted by molar-refractivity contribution is 5.98. The summed E-state index contributed by atoms with van der Waals surface area (Å²) < 4.78 is 2.01. The smallest absolute Gasteiger partial charge is 0.254 e. The lowest BCUT2D eigenvalue weighted by molar-refractivity contribution is 0.0392. The van der Waals surface area contributed by atoms with E-state index in [2.05, 4.69) is 34.1 Å². The van der Waals surface area contributed by atoms with Crippen LogP contribution in [0.1, 0.15) is 46.9 Å².